The molecule has 0 radical (unpaired) electrons. The number of aromatic amines is 1. The molecule has 0 aromatic carbocycles. The lowest BCUT2D eigenvalue weighted by atomic mass is 10.1. The Hall–Kier alpha value is -1.10. The highest BCUT2D eigenvalue weighted by Crippen LogP contribution is 2.25. The van der Waals surface area contributed by atoms with E-state index in [1.807, 2.05) is 0 Å². The van der Waals surface area contributed by atoms with Gasteiger partial charge in [-0.1, -0.05) is 19.3 Å². The van der Waals surface area contributed by atoms with Crippen molar-refractivity contribution in [2.75, 3.05) is 0 Å². The molecule has 1 fully saturated rings. The first-order valence-electron chi connectivity index (χ1n) is 5.08. The summed E-state index contributed by atoms with van der Waals surface area (Å²) in [6, 6.07) is -0.0938. The summed E-state index contributed by atoms with van der Waals surface area (Å²) >= 11 is 0. The molecule has 1 heterocycles. The van der Waals surface area contributed by atoms with Crippen molar-refractivity contribution in [3.05, 3.63) is 16.8 Å². The van der Waals surface area contributed by atoms with Crippen molar-refractivity contribution in [3.63, 3.8) is 0 Å². The fourth-order valence-electron chi connectivity index (χ4n) is 2.09. The quantitative estimate of drug-likeness (QED) is 0.642. The van der Waals surface area contributed by atoms with Crippen LogP contribution in [0.1, 0.15) is 38.1 Å². The normalized spacial score (nSPS) is 28.6. The van der Waals surface area contributed by atoms with Crippen molar-refractivity contribution < 1.29 is 5.11 Å². The van der Waals surface area contributed by atoms with Crippen LogP contribution >= 0.6 is 0 Å². The van der Waals surface area contributed by atoms with Crippen molar-refractivity contribution in [3.8, 4) is 0 Å². The van der Waals surface area contributed by atoms with Gasteiger partial charge in [-0.2, -0.15) is 5.10 Å². The second-order valence-electron chi connectivity index (χ2n) is 3.84. The first kappa shape index (κ1) is 9.45. The van der Waals surface area contributed by atoms with Crippen LogP contribution in [0.2, 0.25) is 0 Å². The molecule has 0 amide bonds. The van der Waals surface area contributed by atoms with Crippen molar-refractivity contribution in [2.45, 2.75) is 44.2 Å². The highest BCUT2D eigenvalue weighted by atomic mass is 16.3. The van der Waals surface area contributed by atoms with E-state index in [0.717, 1.165) is 32.1 Å². The summed E-state index contributed by atoms with van der Waals surface area (Å²) < 4.78 is 1.51. The lowest BCUT2D eigenvalue weighted by Crippen LogP contribution is -2.29. The third kappa shape index (κ3) is 1.72. The van der Waals surface area contributed by atoms with Crippen LogP contribution < -0.4 is 5.69 Å². The Labute approximate surface area is 81.8 Å². The number of aliphatic hydroxyl groups excluding tert-OH is 1. The van der Waals surface area contributed by atoms with Gasteiger partial charge in [0.05, 0.1) is 12.1 Å². The zero-order chi connectivity index (χ0) is 9.97. The minimum atomic E-state index is -0.409. The molecular formula is C9H15N3O2. The molecule has 0 aliphatic heterocycles. The highest BCUT2D eigenvalue weighted by Gasteiger charge is 2.24. The number of aromatic nitrogens is 3. The molecule has 1 aliphatic carbocycles. The van der Waals surface area contributed by atoms with Gasteiger partial charge in [0.1, 0.15) is 6.33 Å². The van der Waals surface area contributed by atoms with E-state index < -0.39 is 6.10 Å². The number of hydrogen-bond acceptors (Lipinski definition) is 3. The first-order valence-corrected chi connectivity index (χ1v) is 5.08. The van der Waals surface area contributed by atoms with E-state index in [4.69, 9.17) is 0 Å². The third-order valence-corrected chi connectivity index (χ3v) is 2.88. The summed E-state index contributed by atoms with van der Waals surface area (Å²) in [5.74, 6) is 0. The van der Waals surface area contributed by atoms with Gasteiger partial charge in [-0.25, -0.2) is 9.89 Å². The zero-order valence-electron chi connectivity index (χ0n) is 8.02. The lowest BCUT2D eigenvalue weighted by Gasteiger charge is -2.19. The molecule has 5 nitrogen and oxygen atoms in total. The maximum atomic E-state index is 11.3. The Morgan fingerprint density at radius 2 is 2.21 bits per heavy atom. The molecular weight excluding hydrogens is 182 g/mol. The monoisotopic (exact) mass is 197 g/mol. The second-order valence-corrected chi connectivity index (χ2v) is 3.84. The lowest BCUT2D eigenvalue weighted by molar-refractivity contribution is 0.104. The van der Waals surface area contributed by atoms with Crippen LogP contribution in [-0.2, 0) is 0 Å². The van der Waals surface area contributed by atoms with Crippen LogP contribution in [-0.4, -0.2) is 26.0 Å². The fourth-order valence-corrected chi connectivity index (χ4v) is 2.09. The molecule has 14 heavy (non-hydrogen) atoms. The van der Waals surface area contributed by atoms with Gasteiger partial charge in [-0.15, -0.1) is 0 Å². The predicted molar refractivity (Wildman–Crippen MR) is 51.0 cm³/mol. The van der Waals surface area contributed by atoms with Gasteiger partial charge in [0.15, 0.2) is 0 Å². The largest absolute Gasteiger partial charge is 0.391 e. The Kier molecular flexibility index (Phi) is 2.67. The van der Waals surface area contributed by atoms with E-state index in [-0.39, 0.29) is 11.7 Å². The summed E-state index contributed by atoms with van der Waals surface area (Å²) in [7, 11) is 0. The van der Waals surface area contributed by atoms with Crippen LogP contribution in [0.3, 0.4) is 0 Å². The predicted octanol–water partition coefficient (Wildman–Crippen LogP) is 0.437. The topological polar surface area (TPSA) is 70.9 Å². The Morgan fingerprint density at radius 1 is 1.43 bits per heavy atom. The standard InChI is InChI=1S/C9H15N3O2/c13-8-5-3-1-2-4-7(8)12-6-10-11-9(12)14/h6-8,13H,1-5H2,(H,11,14). The van der Waals surface area contributed by atoms with Gasteiger partial charge < -0.3 is 5.11 Å². The van der Waals surface area contributed by atoms with Crippen LogP contribution in [0.5, 0.6) is 0 Å². The van der Waals surface area contributed by atoms with Crippen LogP contribution in [0.15, 0.2) is 11.1 Å². The number of hydrogen-bond donors (Lipinski definition) is 2. The maximum Gasteiger partial charge on any atom is 0.343 e. The van der Waals surface area contributed by atoms with Gasteiger partial charge in [-0.05, 0) is 12.8 Å². The van der Waals surface area contributed by atoms with Gasteiger partial charge in [0.25, 0.3) is 0 Å². The Morgan fingerprint density at radius 3 is 2.93 bits per heavy atom. The molecule has 1 aliphatic rings. The Bertz CT molecular complexity index is 344. The summed E-state index contributed by atoms with van der Waals surface area (Å²) in [4.78, 5) is 11.3. The van der Waals surface area contributed by atoms with Gasteiger partial charge in [0.2, 0.25) is 0 Å². The molecule has 2 N–H and O–H groups in total. The summed E-state index contributed by atoms with van der Waals surface area (Å²) in [5, 5.41) is 15.9. The SMILES string of the molecule is O=c1[nH]ncn1C1CCCCCC1O. The minimum Gasteiger partial charge on any atom is -0.391 e. The number of nitrogens with zero attached hydrogens (tertiary/aromatic N) is 2. The number of nitrogens with one attached hydrogen (secondary N) is 1. The van der Waals surface area contributed by atoms with E-state index in [9.17, 15) is 9.90 Å². The van der Waals surface area contributed by atoms with E-state index >= 15 is 0 Å². The Balaban J connectivity index is 2.23. The van der Waals surface area contributed by atoms with Crippen molar-refractivity contribution in [1.82, 2.24) is 14.8 Å². The average molecular weight is 197 g/mol. The number of rotatable bonds is 1. The number of aliphatic hydroxyl groups is 1. The molecule has 1 aromatic rings. The second kappa shape index (κ2) is 3.96. The third-order valence-electron chi connectivity index (χ3n) is 2.88. The molecule has 0 spiro atoms. The molecule has 2 atom stereocenters. The maximum absolute atomic E-state index is 11.3. The van der Waals surface area contributed by atoms with Crippen LogP contribution in [0.4, 0.5) is 0 Å². The van der Waals surface area contributed by atoms with Crippen LogP contribution in [0, 0.1) is 0 Å². The van der Waals surface area contributed by atoms with Crippen LogP contribution in [0.25, 0.3) is 0 Å². The van der Waals surface area contributed by atoms with E-state index in [1.165, 1.54) is 10.9 Å². The summed E-state index contributed by atoms with van der Waals surface area (Å²) in [5.41, 5.74) is -0.226. The molecule has 0 saturated heterocycles. The van der Waals surface area contributed by atoms with Gasteiger partial charge in [0, 0.05) is 0 Å². The summed E-state index contributed by atoms with van der Waals surface area (Å²) in [6.07, 6.45) is 5.96. The number of H-pyrrole nitrogens is 1. The average Bonchev–Trinajstić information content (AvgIpc) is 2.46. The highest BCUT2D eigenvalue weighted by molar-refractivity contribution is 4.81. The van der Waals surface area contributed by atoms with E-state index in [1.54, 1.807) is 0 Å². The minimum absolute atomic E-state index is 0.0938. The molecule has 1 saturated carbocycles. The van der Waals surface area contributed by atoms with E-state index in [2.05, 4.69) is 10.2 Å². The van der Waals surface area contributed by atoms with Gasteiger partial charge in [-0.3, -0.25) is 4.57 Å². The van der Waals surface area contributed by atoms with Crippen molar-refractivity contribution in [1.29, 1.82) is 0 Å². The molecule has 2 unspecified atom stereocenters. The molecule has 2 rings (SSSR count). The van der Waals surface area contributed by atoms with E-state index in [0.29, 0.717) is 0 Å². The molecule has 0 bridgehead atoms. The first-order chi connectivity index (χ1) is 6.79. The molecule has 1 aromatic heterocycles. The zero-order valence-corrected chi connectivity index (χ0v) is 8.02. The van der Waals surface area contributed by atoms with Crippen molar-refractivity contribution in [2.24, 2.45) is 0 Å². The molecule has 5 heteroatoms. The van der Waals surface area contributed by atoms with Gasteiger partial charge >= 0.3 is 5.69 Å². The molecule has 78 valence electrons. The summed E-state index contributed by atoms with van der Waals surface area (Å²) in [6.45, 7) is 0. The smallest absolute Gasteiger partial charge is 0.343 e. The van der Waals surface area contributed by atoms with Crippen molar-refractivity contribution >= 4 is 0 Å². The fraction of sp³-hybridized carbons (Fsp3) is 0.778.